The molecule has 0 amide bonds. The van der Waals surface area contributed by atoms with Crippen molar-refractivity contribution in [3.05, 3.63) is 76.9 Å². The maximum Gasteiger partial charge on any atom is 0.307 e. The largest absolute Gasteiger partial charge is 0.493 e. The molecular formula is C41H58FN3O5. The number of aliphatic carboxylic acids is 1. The van der Waals surface area contributed by atoms with Crippen LogP contribution >= 0.6 is 0 Å². The van der Waals surface area contributed by atoms with Gasteiger partial charge in [0.1, 0.15) is 11.6 Å². The Labute approximate surface area is 298 Å². The second-order valence-electron chi connectivity index (χ2n) is 15.7. The first kappa shape index (κ1) is 39.3. The smallest absolute Gasteiger partial charge is 0.307 e. The fourth-order valence-electron chi connectivity index (χ4n) is 6.60. The van der Waals surface area contributed by atoms with Gasteiger partial charge in [0.25, 0.3) is 0 Å². The zero-order valence-corrected chi connectivity index (χ0v) is 31.2. The quantitative estimate of drug-likeness (QED) is 0.200. The average molecular weight is 692 g/mol. The maximum absolute atomic E-state index is 13.3. The average Bonchev–Trinajstić information content (AvgIpc) is 3.03. The highest BCUT2D eigenvalue weighted by molar-refractivity contribution is 5.86. The van der Waals surface area contributed by atoms with Crippen LogP contribution in [0.4, 0.5) is 10.1 Å². The van der Waals surface area contributed by atoms with Gasteiger partial charge in [-0.1, -0.05) is 38.1 Å². The molecule has 0 spiro atoms. The molecule has 9 heteroatoms. The summed E-state index contributed by atoms with van der Waals surface area (Å²) in [6.45, 7) is 17.3. The standard InChI is InChI=1S/C37H48FN3O4.C4H10O/c1-26-32(23-34(42)43)36(41-18-16-37(2,3)17-19-41)35(33(39-26)25-40(4)24-28-13-20-44-21-14-28)29-7-11-31(12-8-29)45-22-15-27-5-9-30(38)10-6-27;1-4(2,3)5/h5-12,28H,13-25H2,1-4H3,(H,42,43);5H,1-3H3. The van der Waals surface area contributed by atoms with Crippen LogP contribution in [0.25, 0.3) is 11.1 Å². The molecule has 2 fully saturated rings. The van der Waals surface area contributed by atoms with Gasteiger partial charge in [-0.05, 0) is 107 Å². The zero-order valence-electron chi connectivity index (χ0n) is 31.2. The number of aryl methyl sites for hydroxylation is 1. The number of aliphatic hydroxyl groups is 1. The van der Waals surface area contributed by atoms with Crippen molar-refractivity contribution in [1.29, 1.82) is 0 Å². The van der Waals surface area contributed by atoms with Crippen LogP contribution < -0.4 is 9.64 Å². The highest BCUT2D eigenvalue weighted by Crippen LogP contribution is 2.42. The lowest BCUT2D eigenvalue weighted by atomic mass is 9.82. The first-order valence-corrected chi connectivity index (χ1v) is 18.0. The first-order chi connectivity index (χ1) is 23.6. The van der Waals surface area contributed by atoms with Gasteiger partial charge in [-0.2, -0.15) is 0 Å². The number of carbonyl (C=O) groups is 1. The van der Waals surface area contributed by atoms with E-state index in [2.05, 4.69) is 42.8 Å². The lowest BCUT2D eigenvalue weighted by molar-refractivity contribution is -0.136. The molecule has 5 rings (SSSR count). The number of anilines is 1. The molecular weight excluding hydrogens is 633 g/mol. The molecule has 0 unspecified atom stereocenters. The van der Waals surface area contributed by atoms with E-state index in [1.807, 2.05) is 19.1 Å². The predicted octanol–water partition coefficient (Wildman–Crippen LogP) is 7.71. The number of pyridine rings is 1. The fraction of sp³-hybridized carbons (Fsp3) is 0.561. The zero-order chi connectivity index (χ0) is 36.5. The Bertz CT molecular complexity index is 1510. The summed E-state index contributed by atoms with van der Waals surface area (Å²) in [5.74, 6) is 0.258. The van der Waals surface area contributed by atoms with Gasteiger partial charge in [0.15, 0.2) is 0 Å². The number of hydrogen-bond acceptors (Lipinski definition) is 7. The van der Waals surface area contributed by atoms with E-state index in [1.165, 1.54) is 12.1 Å². The normalized spacial score (nSPS) is 16.6. The molecule has 2 N–H and O–H groups in total. The lowest BCUT2D eigenvalue weighted by Crippen LogP contribution is -2.38. The van der Waals surface area contributed by atoms with Crippen molar-refractivity contribution in [2.45, 2.75) is 92.2 Å². The van der Waals surface area contributed by atoms with Crippen molar-refractivity contribution in [2.24, 2.45) is 11.3 Å². The van der Waals surface area contributed by atoms with Gasteiger partial charge in [0.05, 0.1) is 30.0 Å². The fourth-order valence-corrected chi connectivity index (χ4v) is 6.60. The van der Waals surface area contributed by atoms with Crippen LogP contribution in [0.5, 0.6) is 5.75 Å². The van der Waals surface area contributed by atoms with Crippen molar-refractivity contribution in [3.8, 4) is 16.9 Å². The van der Waals surface area contributed by atoms with Crippen molar-refractivity contribution in [2.75, 3.05) is 51.4 Å². The number of aromatic nitrogens is 1. The SMILES string of the molecule is CC(C)(C)O.Cc1nc(CN(C)CC2CCOCC2)c(-c2ccc(OCCc3ccc(F)cc3)cc2)c(N2CCC(C)(C)CC2)c1CC(=O)O. The minimum absolute atomic E-state index is 0.0656. The van der Waals surface area contributed by atoms with Gasteiger partial charge in [-0.25, -0.2) is 4.39 Å². The molecule has 50 heavy (non-hydrogen) atoms. The van der Waals surface area contributed by atoms with Crippen LogP contribution in [-0.4, -0.2) is 78.2 Å². The van der Waals surface area contributed by atoms with E-state index in [-0.39, 0.29) is 17.7 Å². The summed E-state index contributed by atoms with van der Waals surface area (Å²) in [4.78, 5) is 22.0. The molecule has 0 radical (unpaired) electrons. The summed E-state index contributed by atoms with van der Waals surface area (Å²) < 4.78 is 24.9. The Hall–Kier alpha value is -3.53. The molecule has 0 bridgehead atoms. The summed E-state index contributed by atoms with van der Waals surface area (Å²) in [6, 6.07) is 14.6. The van der Waals surface area contributed by atoms with E-state index in [0.717, 1.165) is 104 Å². The monoisotopic (exact) mass is 691 g/mol. The van der Waals surface area contributed by atoms with E-state index in [0.29, 0.717) is 25.5 Å². The highest BCUT2D eigenvalue weighted by atomic mass is 19.1. The number of halogens is 1. The second-order valence-corrected chi connectivity index (χ2v) is 15.7. The Morgan fingerprint density at radius 2 is 1.66 bits per heavy atom. The summed E-state index contributed by atoms with van der Waals surface area (Å²) in [7, 11) is 2.16. The molecule has 8 nitrogen and oxygen atoms in total. The minimum Gasteiger partial charge on any atom is -0.493 e. The minimum atomic E-state index is -0.848. The predicted molar refractivity (Wildman–Crippen MR) is 198 cm³/mol. The number of rotatable bonds is 12. The summed E-state index contributed by atoms with van der Waals surface area (Å²) >= 11 is 0. The van der Waals surface area contributed by atoms with E-state index in [9.17, 15) is 14.3 Å². The molecule has 0 aliphatic carbocycles. The van der Waals surface area contributed by atoms with Gasteiger partial charge in [0, 0.05) is 62.6 Å². The molecule has 3 heterocycles. The Morgan fingerprint density at radius 3 is 2.24 bits per heavy atom. The van der Waals surface area contributed by atoms with Crippen molar-refractivity contribution in [3.63, 3.8) is 0 Å². The van der Waals surface area contributed by atoms with Crippen LogP contribution in [0.2, 0.25) is 0 Å². The van der Waals surface area contributed by atoms with Crippen LogP contribution in [-0.2, 0) is 28.9 Å². The number of carboxylic acid groups (broad SMARTS) is 1. The third-order valence-corrected chi connectivity index (χ3v) is 9.36. The first-order valence-electron chi connectivity index (χ1n) is 18.0. The van der Waals surface area contributed by atoms with E-state index >= 15 is 0 Å². The molecule has 2 aliphatic rings. The van der Waals surface area contributed by atoms with E-state index in [4.69, 9.17) is 19.6 Å². The van der Waals surface area contributed by atoms with Gasteiger partial charge >= 0.3 is 5.97 Å². The van der Waals surface area contributed by atoms with Crippen LogP contribution in [0.1, 0.15) is 82.8 Å². The molecule has 2 saturated heterocycles. The third kappa shape index (κ3) is 12.4. The number of nitrogens with zero attached hydrogens (tertiary/aromatic N) is 3. The summed E-state index contributed by atoms with van der Waals surface area (Å²) in [5, 5.41) is 18.5. The third-order valence-electron chi connectivity index (χ3n) is 9.36. The van der Waals surface area contributed by atoms with Gasteiger partial charge in [-0.3, -0.25) is 9.78 Å². The van der Waals surface area contributed by atoms with Crippen LogP contribution in [0, 0.1) is 24.1 Å². The molecule has 1 aromatic heterocycles. The van der Waals surface area contributed by atoms with Crippen LogP contribution in [0.15, 0.2) is 48.5 Å². The van der Waals surface area contributed by atoms with Crippen molar-refractivity contribution < 1.29 is 28.9 Å². The number of carboxylic acids is 1. The molecule has 274 valence electrons. The number of piperidine rings is 1. The number of hydrogen-bond donors (Lipinski definition) is 2. The topological polar surface area (TPSA) is 95.4 Å². The highest BCUT2D eigenvalue weighted by Gasteiger charge is 2.31. The summed E-state index contributed by atoms with van der Waals surface area (Å²) in [5.41, 5.74) is 6.38. The van der Waals surface area contributed by atoms with Gasteiger partial charge in [-0.15, -0.1) is 0 Å². The van der Waals surface area contributed by atoms with Crippen molar-refractivity contribution >= 4 is 11.7 Å². The summed E-state index contributed by atoms with van der Waals surface area (Å²) in [6.07, 6.45) is 4.84. The second kappa shape index (κ2) is 17.6. The number of benzene rings is 2. The van der Waals surface area contributed by atoms with E-state index in [1.54, 1.807) is 32.9 Å². The Balaban J connectivity index is 0.00000105. The molecule has 0 atom stereocenters. The maximum atomic E-state index is 13.3. The van der Waals surface area contributed by atoms with Gasteiger partial charge < -0.3 is 29.5 Å². The molecule has 3 aromatic rings. The Morgan fingerprint density at radius 1 is 1.06 bits per heavy atom. The lowest BCUT2D eigenvalue weighted by Gasteiger charge is -2.40. The Kier molecular flexibility index (Phi) is 13.8. The molecule has 2 aliphatic heterocycles. The van der Waals surface area contributed by atoms with E-state index < -0.39 is 11.6 Å². The van der Waals surface area contributed by atoms with Crippen LogP contribution in [0.3, 0.4) is 0 Å². The number of ether oxygens (including phenoxy) is 2. The van der Waals surface area contributed by atoms with Gasteiger partial charge in [0.2, 0.25) is 0 Å². The molecule has 0 saturated carbocycles. The molecule has 2 aromatic carbocycles. The van der Waals surface area contributed by atoms with Crippen molar-refractivity contribution in [1.82, 2.24) is 9.88 Å².